The highest BCUT2D eigenvalue weighted by Gasteiger charge is 2.11. The van der Waals surface area contributed by atoms with Gasteiger partial charge in [0, 0.05) is 22.1 Å². The van der Waals surface area contributed by atoms with Gasteiger partial charge in [-0.05, 0) is 55.5 Å². The van der Waals surface area contributed by atoms with Gasteiger partial charge in [-0.3, -0.25) is 4.79 Å². The van der Waals surface area contributed by atoms with Crippen molar-refractivity contribution >= 4 is 34.8 Å². The monoisotopic (exact) mass is 363 g/mol. The fraction of sp³-hybridized carbons (Fsp3) is 0.0526. The molecule has 0 aliphatic carbocycles. The van der Waals surface area contributed by atoms with Crippen molar-refractivity contribution in [2.24, 2.45) is 0 Å². The van der Waals surface area contributed by atoms with Crippen molar-refractivity contribution in [3.05, 3.63) is 76.6 Å². The first-order valence-electron chi connectivity index (χ1n) is 7.73. The minimum Gasteiger partial charge on any atom is -0.324 e. The van der Waals surface area contributed by atoms with Crippen LogP contribution in [0, 0.1) is 18.3 Å². The van der Waals surface area contributed by atoms with E-state index in [0.29, 0.717) is 27.9 Å². The molecule has 2 N–H and O–H groups in total. The normalized spacial score (nSPS) is 10.0. The van der Waals surface area contributed by atoms with E-state index in [0.717, 1.165) is 5.69 Å². The smallest absolute Gasteiger partial charge is 0.274 e. The lowest BCUT2D eigenvalue weighted by Gasteiger charge is -2.09. The molecule has 1 aromatic heterocycles. The maximum atomic E-state index is 12.5. The highest BCUT2D eigenvalue weighted by Crippen LogP contribution is 2.18. The largest absolute Gasteiger partial charge is 0.324 e. The molecule has 128 valence electrons. The molecule has 0 saturated carbocycles. The third-order valence-corrected chi connectivity index (χ3v) is 3.69. The summed E-state index contributed by atoms with van der Waals surface area (Å²) in [5, 5.41) is 15.3. The first kappa shape index (κ1) is 17.4. The van der Waals surface area contributed by atoms with Gasteiger partial charge in [-0.25, -0.2) is 9.97 Å². The van der Waals surface area contributed by atoms with Gasteiger partial charge in [-0.2, -0.15) is 5.26 Å². The molecule has 0 spiro atoms. The Morgan fingerprint density at radius 3 is 2.58 bits per heavy atom. The Morgan fingerprint density at radius 1 is 1.08 bits per heavy atom. The number of anilines is 3. The number of nitrogens with zero attached hydrogens (tertiary/aromatic N) is 3. The number of aromatic nitrogens is 2. The van der Waals surface area contributed by atoms with Crippen molar-refractivity contribution in [1.82, 2.24) is 9.97 Å². The average Bonchev–Trinajstić information content (AvgIpc) is 2.63. The van der Waals surface area contributed by atoms with Crippen molar-refractivity contribution in [1.29, 1.82) is 5.26 Å². The van der Waals surface area contributed by atoms with Crippen LogP contribution >= 0.6 is 11.6 Å². The maximum absolute atomic E-state index is 12.5. The van der Waals surface area contributed by atoms with Crippen molar-refractivity contribution in [2.75, 3.05) is 10.6 Å². The number of rotatable bonds is 4. The summed E-state index contributed by atoms with van der Waals surface area (Å²) in [6, 6.07) is 17.4. The van der Waals surface area contributed by atoms with E-state index >= 15 is 0 Å². The summed E-state index contributed by atoms with van der Waals surface area (Å²) in [7, 11) is 0. The van der Waals surface area contributed by atoms with E-state index in [9.17, 15) is 4.79 Å². The molecule has 1 heterocycles. The second-order valence-electron chi connectivity index (χ2n) is 5.50. The number of halogens is 1. The third-order valence-electron chi connectivity index (χ3n) is 3.44. The van der Waals surface area contributed by atoms with Gasteiger partial charge in [-0.15, -0.1) is 0 Å². The molecule has 3 aromatic rings. The Bertz CT molecular complexity index is 996. The quantitative estimate of drug-likeness (QED) is 0.720. The number of benzene rings is 2. The minimum atomic E-state index is -0.384. The predicted molar refractivity (Wildman–Crippen MR) is 101 cm³/mol. The number of nitrogens with one attached hydrogen (secondary N) is 2. The summed E-state index contributed by atoms with van der Waals surface area (Å²) in [5.41, 5.74) is 2.61. The molecule has 3 rings (SSSR count). The minimum absolute atomic E-state index is 0.219. The third kappa shape index (κ3) is 4.35. The van der Waals surface area contributed by atoms with E-state index in [1.807, 2.05) is 6.07 Å². The summed E-state index contributed by atoms with van der Waals surface area (Å²) >= 11 is 5.87. The standard InChI is InChI=1S/C19H14ClN5O/c1-12-9-17(18(26)23-16-4-2-3-13(10-16)11-21)25-19(22-12)24-15-7-5-14(20)6-8-15/h2-10H,1H3,(H,23,26)(H,22,24,25). The Kier molecular flexibility index (Phi) is 5.11. The van der Waals surface area contributed by atoms with Crippen LogP contribution in [0.4, 0.5) is 17.3 Å². The van der Waals surface area contributed by atoms with Crippen LogP contribution in [0.3, 0.4) is 0 Å². The van der Waals surface area contributed by atoms with Gasteiger partial charge < -0.3 is 10.6 Å². The van der Waals surface area contributed by atoms with Crippen LogP contribution in [-0.4, -0.2) is 15.9 Å². The topological polar surface area (TPSA) is 90.7 Å². The van der Waals surface area contributed by atoms with E-state index in [4.69, 9.17) is 16.9 Å². The van der Waals surface area contributed by atoms with Crippen molar-refractivity contribution in [3.8, 4) is 6.07 Å². The lowest BCUT2D eigenvalue weighted by atomic mass is 10.2. The molecule has 0 unspecified atom stereocenters. The summed E-state index contributed by atoms with van der Waals surface area (Å²) in [6.45, 7) is 1.78. The number of carbonyl (C=O) groups is 1. The molecule has 2 aromatic carbocycles. The van der Waals surface area contributed by atoms with Crippen LogP contribution in [0.2, 0.25) is 5.02 Å². The highest BCUT2D eigenvalue weighted by molar-refractivity contribution is 6.30. The first-order chi connectivity index (χ1) is 12.5. The molecule has 0 aliphatic rings. The van der Waals surface area contributed by atoms with E-state index in [-0.39, 0.29) is 11.6 Å². The molecule has 0 bridgehead atoms. The molecule has 0 aliphatic heterocycles. The lowest BCUT2D eigenvalue weighted by Crippen LogP contribution is -2.15. The van der Waals surface area contributed by atoms with Crippen LogP contribution < -0.4 is 10.6 Å². The second kappa shape index (κ2) is 7.64. The summed E-state index contributed by atoms with van der Waals surface area (Å²) in [4.78, 5) is 21.0. The SMILES string of the molecule is Cc1cc(C(=O)Nc2cccc(C#N)c2)nc(Nc2ccc(Cl)cc2)n1. The van der Waals surface area contributed by atoms with Crippen LogP contribution in [0.5, 0.6) is 0 Å². The Labute approximate surface area is 155 Å². The summed E-state index contributed by atoms with van der Waals surface area (Å²) in [6.07, 6.45) is 0. The molecule has 0 fully saturated rings. The van der Waals surface area contributed by atoms with Crippen molar-refractivity contribution < 1.29 is 4.79 Å². The van der Waals surface area contributed by atoms with Crippen molar-refractivity contribution in [3.63, 3.8) is 0 Å². The summed E-state index contributed by atoms with van der Waals surface area (Å²) < 4.78 is 0. The molecule has 0 saturated heterocycles. The van der Waals surface area contributed by atoms with Gasteiger partial charge in [-0.1, -0.05) is 17.7 Å². The van der Waals surface area contributed by atoms with Crippen LogP contribution in [0.15, 0.2) is 54.6 Å². The van der Waals surface area contributed by atoms with E-state index in [1.165, 1.54) is 0 Å². The first-order valence-corrected chi connectivity index (χ1v) is 8.11. The fourth-order valence-electron chi connectivity index (χ4n) is 2.26. The predicted octanol–water partition coefficient (Wildman–Crippen LogP) is 4.31. The molecular weight excluding hydrogens is 350 g/mol. The van der Waals surface area contributed by atoms with E-state index < -0.39 is 0 Å². The van der Waals surface area contributed by atoms with E-state index in [1.54, 1.807) is 61.5 Å². The van der Waals surface area contributed by atoms with Crippen LogP contribution in [0.1, 0.15) is 21.7 Å². The zero-order valence-corrected chi connectivity index (χ0v) is 14.6. The Hall–Kier alpha value is -3.43. The number of carbonyl (C=O) groups excluding carboxylic acids is 1. The number of nitriles is 1. The molecule has 6 nitrogen and oxygen atoms in total. The van der Waals surface area contributed by atoms with Gasteiger partial charge in [0.05, 0.1) is 11.6 Å². The zero-order chi connectivity index (χ0) is 18.5. The van der Waals surface area contributed by atoms with Gasteiger partial charge in [0.15, 0.2) is 0 Å². The fourth-order valence-corrected chi connectivity index (χ4v) is 2.39. The molecule has 1 amide bonds. The second-order valence-corrected chi connectivity index (χ2v) is 5.93. The Morgan fingerprint density at radius 2 is 1.85 bits per heavy atom. The molecule has 7 heteroatoms. The number of hydrogen-bond donors (Lipinski definition) is 2. The summed E-state index contributed by atoms with van der Waals surface area (Å²) in [5.74, 6) is -0.0759. The van der Waals surface area contributed by atoms with Gasteiger partial charge >= 0.3 is 0 Å². The average molecular weight is 364 g/mol. The van der Waals surface area contributed by atoms with Crippen LogP contribution in [0.25, 0.3) is 0 Å². The van der Waals surface area contributed by atoms with E-state index in [2.05, 4.69) is 20.6 Å². The van der Waals surface area contributed by atoms with Crippen molar-refractivity contribution in [2.45, 2.75) is 6.92 Å². The molecule has 0 radical (unpaired) electrons. The number of amides is 1. The molecular formula is C19H14ClN5O. The lowest BCUT2D eigenvalue weighted by molar-refractivity contribution is 0.102. The van der Waals surface area contributed by atoms with Gasteiger partial charge in [0.1, 0.15) is 5.69 Å². The number of aryl methyl sites for hydroxylation is 1. The maximum Gasteiger partial charge on any atom is 0.274 e. The zero-order valence-electron chi connectivity index (χ0n) is 13.8. The van der Waals surface area contributed by atoms with Gasteiger partial charge in [0.2, 0.25) is 5.95 Å². The van der Waals surface area contributed by atoms with Crippen LogP contribution in [-0.2, 0) is 0 Å². The van der Waals surface area contributed by atoms with Gasteiger partial charge in [0.25, 0.3) is 5.91 Å². The Balaban J connectivity index is 1.81. The highest BCUT2D eigenvalue weighted by atomic mass is 35.5. The molecule has 26 heavy (non-hydrogen) atoms. The number of hydrogen-bond acceptors (Lipinski definition) is 5. The molecule has 0 atom stereocenters.